The Bertz CT molecular complexity index is 278. The molecule has 0 radical (unpaired) electrons. The quantitative estimate of drug-likeness (QED) is 0.439. The lowest BCUT2D eigenvalue weighted by Gasteiger charge is -2.49. The lowest BCUT2D eigenvalue weighted by molar-refractivity contribution is 0.225. The molecule has 0 aromatic carbocycles. The molecule has 0 bridgehead atoms. The van der Waals surface area contributed by atoms with Crippen LogP contribution in [-0.2, 0) is 16.5 Å². The second-order valence-electron chi connectivity index (χ2n) is 5.76. The van der Waals surface area contributed by atoms with Gasteiger partial charge >= 0.3 is 34.2 Å². The molecule has 0 spiro atoms. The van der Waals surface area contributed by atoms with Crippen LogP contribution in [0.5, 0.6) is 0 Å². The Hall–Kier alpha value is 0.548. The van der Waals surface area contributed by atoms with Gasteiger partial charge in [-0.3, -0.25) is 0 Å². The highest BCUT2D eigenvalue weighted by molar-refractivity contribution is 6.94. The molecule has 8 nitrogen and oxygen atoms in total. The van der Waals surface area contributed by atoms with E-state index in [2.05, 4.69) is 0 Å². The zero-order valence-corrected chi connectivity index (χ0v) is 16.8. The molecule has 8 N–H and O–H groups in total. The fraction of sp³-hybridized carbons (Fsp3) is 1.00. The molecule has 1 fully saturated rings. The van der Waals surface area contributed by atoms with Gasteiger partial charge in [0.1, 0.15) is 0 Å². The normalized spacial score (nSPS) is 46.8. The van der Waals surface area contributed by atoms with Gasteiger partial charge < -0.3 is 39.4 Å². The van der Waals surface area contributed by atoms with Gasteiger partial charge in [-0.1, -0.05) is 0 Å². The summed E-state index contributed by atoms with van der Waals surface area (Å²) in [6, 6.07) is 0. The molecule has 0 aromatic heterocycles. The van der Waals surface area contributed by atoms with Crippen LogP contribution < -0.4 is 22.9 Å². The summed E-state index contributed by atoms with van der Waals surface area (Å²) in [4.78, 5) is 0. The number of nitrogens with two attached hydrogens (primary N) is 4. The van der Waals surface area contributed by atoms with Crippen molar-refractivity contribution < 1.29 is 16.5 Å². The molecular formula is C8H28N4O4Si4. The SMILES string of the molecule is C[Si]1(CN)O[Si](C)(CN)O[Si](C)(CN)O[Si](C)(CN)O1. The summed E-state index contributed by atoms with van der Waals surface area (Å²) in [6.07, 6.45) is 1.25. The highest BCUT2D eigenvalue weighted by Gasteiger charge is 2.55. The van der Waals surface area contributed by atoms with Crippen molar-refractivity contribution in [2.45, 2.75) is 26.2 Å². The summed E-state index contributed by atoms with van der Waals surface area (Å²) in [7, 11) is -10.4. The first-order valence-corrected chi connectivity index (χ1v) is 16.8. The van der Waals surface area contributed by atoms with E-state index >= 15 is 0 Å². The summed E-state index contributed by atoms with van der Waals surface area (Å²) in [5.74, 6) is 0. The van der Waals surface area contributed by atoms with Gasteiger partial charge in [-0.05, 0) is 26.2 Å². The van der Waals surface area contributed by atoms with E-state index in [0.717, 1.165) is 0 Å². The minimum atomic E-state index is -2.61. The van der Waals surface area contributed by atoms with Crippen molar-refractivity contribution in [1.82, 2.24) is 0 Å². The van der Waals surface area contributed by atoms with E-state index in [9.17, 15) is 0 Å². The number of rotatable bonds is 4. The van der Waals surface area contributed by atoms with Gasteiger partial charge in [-0.2, -0.15) is 0 Å². The van der Waals surface area contributed by atoms with Crippen LogP contribution in [0, 0.1) is 0 Å². The molecule has 1 rings (SSSR count). The Kier molecular flexibility index (Phi) is 5.90. The van der Waals surface area contributed by atoms with E-state index in [-0.39, 0.29) is 0 Å². The predicted molar refractivity (Wildman–Crippen MR) is 87.0 cm³/mol. The lowest BCUT2D eigenvalue weighted by Crippen LogP contribution is -2.73. The average molecular weight is 357 g/mol. The zero-order chi connectivity index (χ0) is 15.7. The standard InChI is InChI=1S/C8H28N4O4Si4/c1-17(5-9)13-18(2,6-10)15-20(4,8-12)16-19(3,7-11)14-17/h5-12H2,1-4H3. The highest BCUT2D eigenvalue weighted by Crippen LogP contribution is 2.29. The van der Waals surface area contributed by atoms with E-state index in [0.29, 0.717) is 24.7 Å². The monoisotopic (exact) mass is 356 g/mol. The third-order valence-electron chi connectivity index (χ3n) is 3.21. The van der Waals surface area contributed by atoms with E-state index in [4.69, 9.17) is 39.4 Å². The first-order chi connectivity index (χ1) is 9.07. The van der Waals surface area contributed by atoms with Crippen LogP contribution in [0.1, 0.15) is 0 Å². The molecule has 0 amide bonds. The van der Waals surface area contributed by atoms with Gasteiger partial charge in [0.05, 0.1) is 0 Å². The maximum absolute atomic E-state index is 6.22. The van der Waals surface area contributed by atoms with Crippen LogP contribution in [0.25, 0.3) is 0 Å². The number of hydrogen-bond acceptors (Lipinski definition) is 8. The van der Waals surface area contributed by atoms with Crippen LogP contribution in [0.3, 0.4) is 0 Å². The predicted octanol–water partition coefficient (Wildman–Crippen LogP) is -1.65. The first-order valence-electron chi connectivity index (χ1n) is 6.68. The van der Waals surface area contributed by atoms with Gasteiger partial charge in [0.25, 0.3) is 0 Å². The van der Waals surface area contributed by atoms with Gasteiger partial charge in [0, 0.05) is 24.7 Å². The highest BCUT2D eigenvalue weighted by atomic mass is 28.5. The van der Waals surface area contributed by atoms with E-state index in [1.807, 2.05) is 26.2 Å². The van der Waals surface area contributed by atoms with Crippen molar-refractivity contribution in [2.75, 3.05) is 24.7 Å². The molecule has 1 saturated heterocycles. The van der Waals surface area contributed by atoms with Crippen molar-refractivity contribution in [3.05, 3.63) is 0 Å². The smallest absolute Gasteiger partial charge is 0.331 e. The molecule has 1 heterocycles. The molecular weight excluding hydrogens is 328 g/mol. The Balaban J connectivity index is 3.18. The molecule has 0 saturated carbocycles. The molecule has 1 aliphatic rings. The van der Waals surface area contributed by atoms with Gasteiger partial charge in [-0.25, -0.2) is 0 Å². The number of hydrogen-bond donors (Lipinski definition) is 4. The molecule has 0 unspecified atom stereocenters. The summed E-state index contributed by atoms with van der Waals surface area (Å²) in [6.45, 7) is 7.64. The largest absolute Gasteiger partial charge is 0.414 e. The molecule has 20 heavy (non-hydrogen) atoms. The Morgan fingerprint density at radius 3 is 0.750 bits per heavy atom. The third-order valence-corrected chi connectivity index (χ3v) is 20.0. The Morgan fingerprint density at radius 1 is 0.500 bits per heavy atom. The maximum Gasteiger partial charge on any atom is 0.331 e. The van der Waals surface area contributed by atoms with Crippen LogP contribution >= 0.6 is 0 Å². The maximum atomic E-state index is 6.22. The molecule has 12 heteroatoms. The summed E-state index contributed by atoms with van der Waals surface area (Å²) >= 11 is 0. The van der Waals surface area contributed by atoms with Crippen molar-refractivity contribution in [2.24, 2.45) is 22.9 Å². The Morgan fingerprint density at radius 2 is 0.650 bits per heavy atom. The van der Waals surface area contributed by atoms with E-state index in [1.165, 1.54) is 0 Å². The molecule has 0 atom stereocenters. The fourth-order valence-corrected chi connectivity index (χ4v) is 21.7. The molecule has 120 valence electrons. The lowest BCUT2D eigenvalue weighted by atomic mass is 11.5. The molecule has 0 aromatic rings. The summed E-state index contributed by atoms with van der Waals surface area (Å²) in [5.41, 5.74) is 23.4. The van der Waals surface area contributed by atoms with Crippen molar-refractivity contribution >= 4 is 34.2 Å². The zero-order valence-electron chi connectivity index (χ0n) is 12.8. The van der Waals surface area contributed by atoms with Crippen molar-refractivity contribution in [3.63, 3.8) is 0 Å². The minimum absolute atomic E-state index is 0.311. The Labute approximate surface area is 125 Å². The van der Waals surface area contributed by atoms with Gasteiger partial charge in [0.15, 0.2) is 0 Å². The topological polar surface area (TPSA) is 141 Å². The summed E-state index contributed by atoms with van der Waals surface area (Å²) in [5, 5.41) is 0. The van der Waals surface area contributed by atoms with Gasteiger partial charge in [-0.15, -0.1) is 0 Å². The van der Waals surface area contributed by atoms with Crippen LogP contribution in [-0.4, -0.2) is 58.9 Å². The minimum Gasteiger partial charge on any atom is -0.414 e. The van der Waals surface area contributed by atoms with Crippen LogP contribution in [0.2, 0.25) is 26.2 Å². The average Bonchev–Trinajstić information content (AvgIpc) is 2.36. The molecule has 1 aliphatic heterocycles. The summed E-state index contributed by atoms with van der Waals surface area (Å²) < 4.78 is 24.9. The van der Waals surface area contributed by atoms with E-state index < -0.39 is 34.2 Å². The first kappa shape index (κ1) is 18.6. The third kappa shape index (κ3) is 4.28. The second kappa shape index (κ2) is 6.35. The molecule has 0 aliphatic carbocycles. The van der Waals surface area contributed by atoms with Crippen molar-refractivity contribution in [1.29, 1.82) is 0 Å². The van der Waals surface area contributed by atoms with Crippen LogP contribution in [0.4, 0.5) is 0 Å². The fourth-order valence-electron chi connectivity index (χ4n) is 2.24. The van der Waals surface area contributed by atoms with Crippen LogP contribution in [0.15, 0.2) is 0 Å². The van der Waals surface area contributed by atoms with Gasteiger partial charge in [0.2, 0.25) is 0 Å². The second-order valence-corrected chi connectivity index (χ2v) is 19.7. The van der Waals surface area contributed by atoms with E-state index in [1.54, 1.807) is 0 Å². The van der Waals surface area contributed by atoms with Crippen molar-refractivity contribution in [3.8, 4) is 0 Å².